The molecule has 0 fully saturated rings. The minimum atomic E-state index is -0.506. The van der Waals surface area contributed by atoms with E-state index in [-0.39, 0.29) is 12.7 Å². The van der Waals surface area contributed by atoms with Gasteiger partial charge >= 0.3 is 6.09 Å². The van der Waals surface area contributed by atoms with Crippen molar-refractivity contribution in [3.8, 4) is 0 Å². The monoisotopic (exact) mass is 249 g/mol. The summed E-state index contributed by atoms with van der Waals surface area (Å²) in [6.45, 7) is 6.09. The number of carbonyl (C=O) groups excluding carboxylic acids is 1. The highest BCUT2D eigenvalue weighted by Gasteiger charge is 2.30. The Morgan fingerprint density at radius 3 is 2.78 bits per heavy atom. The first-order valence-corrected chi connectivity index (χ1v) is 6.14. The average molecular weight is 249 g/mol. The minimum Gasteiger partial charge on any atom is -0.443 e. The summed E-state index contributed by atoms with van der Waals surface area (Å²) in [6.07, 6.45) is 0.463. The second-order valence-electron chi connectivity index (χ2n) is 5.46. The van der Waals surface area contributed by atoms with Crippen LogP contribution in [0.3, 0.4) is 0 Å². The molecule has 0 aromatic heterocycles. The topological polar surface area (TPSA) is 49.8 Å². The number of fused-ring (bicyclic) bond motifs is 1. The number of benzene rings is 1. The van der Waals surface area contributed by atoms with Crippen LogP contribution in [0.5, 0.6) is 0 Å². The summed E-state index contributed by atoms with van der Waals surface area (Å²) >= 11 is 0. The van der Waals surface area contributed by atoms with Gasteiger partial charge in [-0.1, -0.05) is 18.2 Å². The maximum absolute atomic E-state index is 12.1. The maximum atomic E-state index is 12.1. The molecule has 98 valence electrons. The molecule has 4 heteroatoms. The molecule has 1 heterocycles. The lowest BCUT2D eigenvalue weighted by Gasteiger charge is -2.25. The number of aliphatic hydroxyl groups excluding tert-OH is 1. The number of anilines is 1. The number of ether oxygens (including phenoxy) is 1. The number of hydrogen-bond acceptors (Lipinski definition) is 3. The molecule has 4 nitrogen and oxygen atoms in total. The molecule has 1 aliphatic heterocycles. The first-order chi connectivity index (χ1) is 8.42. The Bertz CT molecular complexity index is 463. The molecule has 0 radical (unpaired) electrons. The summed E-state index contributed by atoms with van der Waals surface area (Å²) in [5.74, 6) is 0. The summed E-state index contributed by atoms with van der Waals surface area (Å²) in [7, 11) is 0. The number of carbonyl (C=O) groups is 1. The van der Waals surface area contributed by atoms with Gasteiger partial charge in [0.2, 0.25) is 0 Å². The van der Waals surface area contributed by atoms with E-state index in [0.717, 1.165) is 23.2 Å². The van der Waals surface area contributed by atoms with E-state index in [9.17, 15) is 9.90 Å². The van der Waals surface area contributed by atoms with E-state index >= 15 is 0 Å². The van der Waals surface area contributed by atoms with Crippen molar-refractivity contribution in [2.75, 3.05) is 11.4 Å². The fourth-order valence-electron chi connectivity index (χ4n) is 2.16. The van der Waals surface area contributed by atoms with Crippen LogP contribution >= 0.6 is 0 Å². The Balaban J connectivity index is 2.28. The van der Waals surface area contributed by atoms with E-state index in [1.54, 1.807) is 4.90 Å². The lowest BCUT2D eigenvalue weighted by atomic mass is 10.1. The first kappa shape index (κ1) is 12.9. The molecular formula is C14H19NO3. The van der Waals surface area contributed by atoms with Gasteiger partial charge in [0, 0.05) is 12.1 Å². The van der Waals surface area contributed by atoms with Crippen molar-refractivity contribution < 1.29 is 14.6 Å². The molecule has 1 amide bonds. The standard InChI is InChI=1S/C14H19NO3/c1-14(2,3)18-13(17)15-8-7-10-5-4-6-11(9-16)12(10)15/h4-6,16H,7-9H2,1-3H3. The zero-order valence-electron chi connectivity index (χ0n) is 11.1. The van der Waals surface area contributed by atoms with Gasteiger partial charge in [-0.15, -0.1) is 0 Å². The van der Waals surface area contributed by atoms with Crippen molar-refractivity contribution in [2.45, 2.75) is 39.4 Å². The van der Waals surface area contributed by atoms with Crippen LogP contribution in [0.1, 0.15) is 31.9 Å². The van der Waals surface area contributed by atoms with Gasteiger partial charge in [0.1, 0.15) is 5.60 Å². The van der Waals surface area contributed by atoms with Gasteiger partial charge in [0.25, 0.3) is 0 Å². The Hall–Kier alpha value is -1.55. The molecule has 0 atom stereocenters. The van der Waals surface area contributed by atoms with Gasteiger partial charge in [-0.2, -0.15) is 0 Å². The van der Waals surface area contributed by atoms with Crippen LogP contribution in [-0.2, 0) is 17.8 Å². The molecule has 2 rings (SSSR count). The van der Waals surface area contributed by atoms with Crippen LogP contribution in [-0.4, -0.2) is 23.3 Å². The number of para-hydroxylation sites is 1. The largest absolute Gasteiger partial charge is 0.443 e. The van der Waals surface area contributed by atoms with Gasteiger partial charge in [0.15, 0.2) is 0 Å². The molecule has 1 N–H and O–H groups in total. The van der Waals surface area contributed by atoms with Crippen LogP contribution in [0.2, 0.25) is 0 Å². The van der Waals surface area contributed by atoms with Crippen molar-refractivity contribution in [2.24, 2.45) is 0 Å². The number of aliphatic hydroxyl groups is 1. The van der Waals surface area contributed by atoms with E-state index in [2.05, 4.69) is 0 Å². The number of hydrogen-bond donors (Lipinski definition) is 1. The number of rotatable bonds is 1. The van der Waals surface area contributed by atoms with Crippen LogP contribution in [0.15, 0.2) is 18.2 Å². The smallest absolute Gasteiger partial charge is 0.414 e. The van der Waals surface area contributed by atoms with E-state index in [4.69, 9.17) is 4.74 Å². The predicted molar refractivity (Wildman–Crippen MR) is 69.6 cm³/mol. The van der Waals surface area contributed by atoms with Crippen molar-refractivity contribution in [3.63, 3.8) is 0 Å². The number of nitrogens with zero attached hydrogens (tertiary/aromatic N) is 1. The third-order valence-electron chi connectivity index (χ3n) is 2.86. The Kier molecular flexibility index (Phi) is 3.30. The van der Waals surface area contributed by atoms with Gasteiger partial charge in [-0.05, 0) is 32.8 Å². The maximum Gasteiger partial charge on any atom is 0.414 e. The summed E-state index contributed by atoms with van der Waals surface area (Å²) in [5, 5.41) is 9.36. The zero-order valence-corrected chi connectivity index (χ0v) is 11.1. The van der Waals surface area contributed by atoms with Crippen LogP contribution in [0.4, 0.5) is 10.5 Å². The Morgan fingerprint density at radius 1 is 1.44 bits per heavy atom. The third kappa shape index (κ3) is 2.48. The van der Waals surface area contributed by atoms with Gasteiger partial charge in [-0.3, -0.25) is 4.90 Å². The van der Waals surface area contributed by atoms with Crippen LogP contribution in [0, 0.1) is 0 Å². The van der Waals surface area contributed by atoms with Gasteiger partial charge in [-0.25, -0.2) is 4.79 Å². The fraction of sp³-hybridized carbons (Fsp3) is 0.500. The highest BCUT2D eigenvalue weighted by atomic mass is 16.6. The number of amides is 1. The lowest BCUT2D eigenvalue weighted by molar-refractivity contribution is 0.0583. The predicted octanol–water partition coefficient (Wildman–Crippen LogP) is 2.48. The summed E-state index contributed by atoms with van der Waals surface area (Å²) in [5.41, 5.74) is 2.17. The Labute approximate surface area is 107 Å². The molecule has 18 heavy (non-hydrogen) atoms. The molecular weight excluding hydrogens is 230 g/mol. The second kappa shape index (κ2) is 4.61. The SMILES string of the molecule is CC(C)(C)OC(=O)N1CCc2cccc(CO)c21. The highest BCUT2D eigenvalue weighted by Crippen LogP contribution is 2.32. The molecule has 0 saturated heterocycles. The average Bonchev–Trinajstić information content (AvgIpc) is 2.70. The molecule has 0 spiro atoms. The fourth-order valence-corrected chi connectivity index (χ4v) is 2.16. The van der Waals surface area contributed by atoms with Crippen molar-refractivity contribution in [1.82, 2.24) is 0 Å². The van der Waals surface area contributed by atoms with E-state index in [0.29, 0.717) is 6.54 Å². The zero-order chi connectivity index (χ0) is 13.3. The van der Waals surface area contributed by atoms with E-state index < -0.39 is 5.60 Å². The molecule has 0 saturated carbocycles. The quantitative estimate of drug-likeness (QED) is 0.831. The van der Waals surface area contributed by atoms with Crippen molar-refractivity contribution in [3.05, 3.63) is 29.3 Å². The Morgan fingerprint density at radius 2 is 2.17 bits per heavy atom. The molecule has 1 aromatic carbocycles. The molecule has 1 aliphatic rings. The van der Waals surface area contributed by atoms with Gasteiger partial charge < -0.3 is 9.84 Å². The van der Waals surface area contributed by atoms with Crippen molar-refractivity contribution in [1.29, 1.82) is 0 Å². The molecule has 0 aliphatic carbocycles. The minimum absolute atomic E-state index is 0.0670. The van der Waals surface area contributed by atoms with E-state index in [1.165, 1.54) is 0 Å². The second-order valence-corrected chi connectivity index (χ2v) is 5.46. The molecule has 0 bridgehead atoms. The van der Waals surface area contributed by atoms with Crippen LogP contribution in [0.25, 0.3) is 0 Å². The van der Waals surface area contributed by atoms with Gasteiger partial charge in [0.05, 0.1) is 12.3 Å². The van der Waals surface area contributed by atoms with Crippen LogP contribution < -0.4 is 4.90 Å². The van der Waals surface area contributed by atoms with E-state index in [1.807, 2.05) is 39.0 Å². The third-order valence-corrected chi connectivity index (χ3v) is 2.86. The highest BCUT2D eigenvalue weighted by molar-refractivity contribution is 5.91. The first-order valence-electron chi connectivity index (χ1n) is 6.14. The summed E-state index contributed by atoms with van der Waals surface area (Å²) in [4.78, 5) is 13.7. The molecule has 1 aromatic rings. The lowest BCUT2D eigenvalue weighted by Crippen LogP contribution is -2.36. The summed E-state index contributed by atoms with van der Waals surface area (Å²) in [6, 6.07) is 5.73. The normalized spacial score (nSPS) is 14.6. The summed E-state index contributed by atoms with van der Waals surface area (Å²) < 4.78 is 5.38. The van der Waals surface area contributed by atoms with Crippen molar-refractivity contribution >= 4 is 11.8 Å². The molecule has 0 unspecified atom stereocenters.